The molecule has 0 aliphatic rings. The number of hydrogen-bond acceptors (Lipinski definition) is 4. The van der Waals surface area contributed by atoms with Crippen molar-refractivity contribution in [2.24, 2.45) is 0 Å². The molecule has 0 amide bonds. The van der Waals surface area contributed by atoms with Gasteiger partial charge in [-0.25, -0.2) is 4.52 Å². The van der Waals surface area contributed by atoms with Gasteiger partial charge in [-0.2, -0.15) is 4.98 Å². The summed E-state index contributed by atoms with van der Waals surface area (Å²) in [7, 11) is 4.05. The number of rotatable bonds is 2. The van der Waals surface area contributed by atoms with Crippen LogP contribution in [0.2, 0.25) is 0 Å². The lowest BCUT2D eigenvalue weighted by molar-refractivity contribution is 0.969. The third-order valence-electron chi connectivity index (χ3n) is 3.05. The maximum Gasteiger partial charge on any atom is 0.240 e. The van der Waals surface area contributed by atoms with Gasteiger partial charge in [0.05, 0.1) is 0 Å². The summed E-state index contributed by atoms with van der Waals surface area (Å²) in [6.07, 6.45) is 1.85. The van der Waals surface area contributed by atoms with E-state index in [2.05, 4.69) is 33.2 Å². The van der Waals surface area contributed by atoms with E-state index in [1.807, 2.05) is 38.5 Å². The Kier molecular flexibility index (Phi) is 2.59. The van der Waals surface area contributed by atoms with Crippen LogP contribution in [0.1, 0.15) is 0 Å². The Balaban J connectivity index is 2.21. The molecule has 96 valence electrons. The molecule has 0 bridgehead atoms. The van der Waals surface area contributed by atoms with Crippen LogP contribution in [0.3, 0.4) is 0 Å². The van der Waals surface area contributed by atoms with Crippen molar-refractivity contribution in [2.75, 3.05) is 24.7 Å². The lowest BCUT2D eigenvalue weighted by atomic mass is 10.1. The highest BCUT2D eigenvalue weighted by atomic mass is 15.3. The molecular formula is C14H15N5. The Bertz CT molecular complexity index is 730. The normalized spacial score (nSPS) is 10.8. The molecule has 0 unspecified atom stereocenters. The van der Waals surface area contributed by atoms with Crippen molar-refractivity contribution in [1.82, 2.24) is 14.6 Å². The van der Waals surface area contributed by atoms with Crippen LogP contribution in [0.25, 0.3) is 16.8 Å². The average molecular weight is 253 g/mol. The van der Waals surface area contributed by atoms with Crippen molar-refractivity contribution in [2.45, 2.75) is 0 Å². The molecule has 19 heavy (non-hydrogen) atoms. The summed E-state index contributed by atoms with van der Waals surface area (Å²) >= 11 is 0. The van der Waals surface area contributed by atoms with Gasteiger partial charge < -0.3 is 10.6 Å². The molecule has 0 aliphatic carbocycles. The van der Waals surface area contributed by atoms with E-state index in [0.29, 0.717) is 0 Å². The van der Waals surface area contributed by atoms with Crippen LogP contribution < -0.4 is 10.6 Å². The highest BCUT2D eigenvalue weighted by Crippen LogP contribution is 2.26. The van der Waals surface area contributed by atoms with Crippen molar-refractivity contribution in [1.29, 1.82) is 0 Å². The zero-order valence-electron chi connectivity index (χ0n) is 10.9. The lowest BCUT2D eigenvalue weighted by Crippen LogP contribution is -2.08. The molecule has 0 saturated carbocycles. The first kappa shape index (κ1) is 11.5. The molecule has 0 saturated heterocycles. The zero-order chi connectivity index (χ0) is 13.4. The molecule has 2 N–H and O–H groups in total. The molecule has 5 nitrogen and oxygen atoms in total. The SMILES string of the molecule is CN(C)c1cccc(-c2cccn3nc(N)nc23)c1. The first-order valence-electron chi connectivity index (χ1n) is 6.04. The predicted octanol–water partition coefficient (Wildman–Crippen LogP) is 2.04. The molecule has 0 spiro atoms. The van der Waals surface area contributed by atoms with E-state index in [4.69, 9.17) is 5.73 Å². The van der Waals surface area contributed by atoms with Crippen molar-refractivity contribution in [3.63, 3.8) is 0 Å². The van der Waals surface area contributed by atoms with Crippen molar-refractivity contribution >= 4 is 17.3 Å². The smallest absolute Gasteiger partial charge is 0.240 e. The van der Waals surface area contributed by atoms with Crippen LogP contribution in [0.4, 0.5) is 11.6 Å². The molecule has 0 radical (unpaired) electrons. The molecule has 0 fully saturated rings. The number of pyridine rings is 1. The van der Waals surface area contributed by atoms with E-state index in [0.717, 1.165) is 22.5 Å². The van der Waals surface area contributed by atoms with Crippen LogP contribution in [-0.2, 0) is 0 Å². The largest absolute Gasteiger partial charge is 0.378 e. The molecule has 0 aliphatic heterocycles. The van der Waals surface area contributed by atoms with Gasteiger partial charge in [0, 0.05) is 31.5 Å². The van der Waals surface area contributed by atoms with Gasteiger partial charge in [-0.3, -0.25) is 0 Å². The summed E-state index contributed by atoms with van der Waals surface area (Å²) in [4.78, 5) is 6.35. The van der Waals surface area contributed by atoms with Gasteiger partial charge in [0.25, 0.3) is 0 Å². The summed E-state index contributed by atoms with van der Waals surface area (Å²) in [5, 5.41) is 4.13. The van der Waals surface area contributed by atoms with E-state index in [1.165, 1.54) is 0 Å². The quantitative estimate of drug-likeness (QED) is 0.759. The standard InChI is InChI=1S/C14H15N5/c1-18(2)11-6-3-5-10(9-11)12-7-4-8-19-13(12)16-14(15)17-19/h3-9H,1-2H3,(H2,15,17). The molecule has 3 rings (SSSR count). The van der Waals surface area contributed by atoms with Crippen LogP contribution >= 0.6 is 0 Å². The number of anilines is 2. The first-order chi connectivity index (χ1) is 9.15. The van der Waals surface area contributed by atoms with E-state index >= 15 is 0 Å². The maximum absolute atomic E-state index is 5.66. The molecule has 1 aromatic carbocycles. The Hall–Kier alpha value is -2.56. The number of benzene rings is 1. The molecule has 3 aromatic rings. The van der Waals surface area contributed by atoms with Gasteiger partial charge in [-0.15, -0.1) is 5.10 Å². The van der Waals surface area contributed by atoms with Crippen LogP contribution in [0.5, 0.6) is 0 Å². The summed E-state index contributed by atoms with van der Waals surface area (Å²) in [5.74, 6) is 0.288. The predicted molar refractivity (Wildman–Crippen MR) is 77.2 cm³/mol. The number of aromatic nitrogens is 3. The molecular weight excluding hydrogens is 238 g/mol. The Labute approximate surface area is 111 Å². The lowest BCUT2D eigenvalue weighted by Gasteiger charge is -2.13. The fraction of sp³-hybridized carbons (Fsp3) is 0.143. The third kappa shape index (κ3) is 1.99. The highest BCUT2D eigenvalue weighted by molar-refractivity contribution is 5.79. The number of nitrogen functional groups attached to an aromatic ring is 1. The van der Waals surface area contributed by atoms with E-state index < -0.39 is 0 Å². The average Bonchev–Trinajstić information content (AvgIpc) is 2.78. The molecule has 2 heterocycles. The summed E-state index contributed by atoms with van der Waals surface area (Å²) < 4.78 is 1.70. The topological polar surface area (TPSA) is 59.5 Å². The van der Waals surface area contributed by atoms with Crippen molar-refractivity contribution < 1.29 is 0 Å². The summed E-state index contributed by atoms with van der Waals surface area (Å²) in [5.41, 5.74) is 9.71. The minimum Gasteiger partial charge on any atom is -0.378 e. The Morgan fingerprint density at radius 3 is 2.79 bits per heavy atom. The van der Waals surface area contributed by atoms with Gasteiger partial charge >= 0.3 is 0 Å². The monoisotopic (exact) mass is 253 g/mol. The van der Waals surface area contributed by atoms with Crippen molar-refractivity contribution in [3.05, 3.63) is 42.6 Å². The number of hydrogen-bond donors (Lipinski definition) is 1. The second-order valence-corrected chi connectivity index (χ2v) is 4.60. The van der Waals surface area contributed by atoms with Crippen molar-refractivity contribution in [3.8, 4) is 11.1 Å². The van der Waals surface area contributed by atoms with Gasteiger partial charge in [0.15, 0.2) is 5.65 Å². The van der Waals surface area contributed by atoms with Crippen LogP contribution in [0, 0.1) is 0 Å². The van der Waals surface area contributed by atoms with Gasteiger partial charge in [0.2, 0.25) is 5.95 Å². The van der Waals surface area contributed by atoms with Gasteiger partial charge in [-0.05, 0) is 29.8 Å². The second-order valence-electron chi connectivity index (χ2n) is 4.60. The molecule has 2 aromatic heterocycles. The fourth-order valence-electron chi connectivity index (χ4n) is 2.10. The van der Waals surface area contributed by atoms with Gasteiger partial charge in [0.1, 0.15) is 0 Å². The Morgan fingerprint density at radius 2 is 2.00 bits per heavy atom. The van der Waals surface area contributed by atoms with E-state index in [9.17, 15) is 0 Å². The van der Waals surface area contributed by atoms with E-state index in [-0.39, 0.29) is 5.95 Å². The molecule has 0 atom stereocenters. The highest BCUT2D eigenvalue weighted by Gasteiger charge is 2.08. The number of fused-ring (bicyclic) bond motifs is 1. The second kappa shape index (κ2) is 4.28. The Morgan fingerprint density at radius 1 is 1.16 bits per heavy atom. The fourth-order valence-corrected chi connectivity index (χ4v) is 2.10. The minimum absolute atomic E-state index is 0.288. The summed E-state index contributed by atoms with van der Waals surface area (Å²) in [6, 6.07) is 12.3. The van der Waals surface area contributed by atoms with Crippen LogP contribution in [-0.4, -0.2) is 28.7 Å². The zero-order valence-corrected chi connectivity index (χ0v) is 10.9. The number of nitrogens with two attached hydrogens (primary N) is 1. The maximum atomic E-state index is 5.66. The minimum atomic E-state index is 0.288. The van der Waals surface area contributed by atoms with Crippen LogP contribution in [0.15, 0.2) is 42.6 Å². The number of nitrogens with zero attached hydrogens (tertiary/aromatic N) is 4. The van der Waals surface area contributed by atoms with Gasteiger partial charge in [-0.1, -0.05) is 12.1 Å². The first-order valence-corrected chi connectivity index (χ1v) is 6.04. The summed E-state index contributed by atoms with van der Waals surface area (Å²) in [6.45, 7) is 0. The van der Waals surface area contributed by atoms with E-state index in [1.54, 1.807) is 4.52 Å². The third-order valence-corrected chi connectivity index (χ3v) is 3.05. The molecule has 5 heteroatoms.